The minimum absolute atomic E-state index is 0.962. The lowest BCUT2D eigenvalue weighted by Crippen LogP contribution is -2.21. The highest BCUT2D eigenvalue weighted by Gasteiger charge is 1.90. The second kappa shape index (κ2) is 8.18. The number of carbonyl (C=O) groups excluding carboxylic acids is 1. The summed E-state index contributed by atoms with van der Waals surface area (Å²) < 4.78 is 0. The van der Waals surface area contributed by atoms with E-state index in [1.807, 2.05) is 6.08 Å². The van der Waals surface area contributed by atoms with Crippen molar-refractivity contribution in [2.45, 2.75) is 39.0 Å². The molecule has 2 nitrogen and oxygen atoms in total. The van der Waals surface area contributed by atoms with Gasteiger partial charge in [0.15, 0.2) is 5.97 Å². The molecular weight excluding hydrogens is 152 g/mol. The lowest BCUT2D eigenvalue weighted by atomic mass is 10.1. The number of unbranched alkanes of at least 4 members (excludes halogenated alkanes) is 4. The normalized spacial score (nSPS) is 10.4. The Labute approximate surface area is 74.3 Å². The van der Waals surface area contributed by atoms with Gasteiger partial charge < -0.3 is 9.90 Å². The second-order valence-corrected chi connectivity index (χ2v) is 2.76. The molecule has 0 aliphatic rings. The first-order valence-corrected chi connectivity index (χ1v) is 4.48. The van der Waals surface area contributed by atoms with Crippen LogP contribution in [0, 0.1) is 6.42 Å². The minimum atomic E-state index is -1.13. The van der Waals surface area contributed by atoms with Gasteiger partial charge in [-0.15, -0.1) is 0 Å². The van der Waals surface area contributed by atoms with Crippen molar-refractivity contribution >= 4 is 5.97 Å². The Hall–Kier alpha value is -0.920. The average Bonchev–Trinajstić information content (AvgIpc) is 2.02. The molecule has 0 amide bonds. The molecule has 0 saturated carbocycles. The zero-order valence-corrected chi connectivity index (χ0v) is 7.58. The molecule has 0 spiro atoms. The van der Waals surface area contributed by atoms with Crippen molar-refractivity contribution in [3.63, 3.8) is 0 Å². The molecule has 0 fully saturated rings. The van der Waals surface area contributed by atoms with Crippen molar-refractivity contribution in [2.24, 2.45) is 0 Å². The van der Waals surface area contributed by atoms with Gasteiger partial charge >= 0.3 is 0 Å². The number of carbonyl (C=O) groups is 1. The van der Waals surface area contributed by atoms with E-state index in [9.17, 15) is 9.90 Å². The summed E-state index contributed by atoms with van der Waals surface area (Å²) in [6.45, 7) is 2.17. The molecule has 2 heteroatoms. The molecule has 0 aromatic heterocycles. The molecule has 0 heterocycles. The smallest absolute Gasteiger partial charge is 0.156 e. The van der Waals surface area contributed by atoms with E-state index in [0.29, 0.717) is 0 Å². The van der Waals surface area contributed by atoms with Crippen LogP contribution in [0.4, 0.5) is 0 Å². The van der Waals surface area contributed by atoms with Crippen LogP contribution in [0.25, 0.3) is 0 Å². The number of allylic oxidation sites excluding steroid dienone is 1. The van der Waals surface area contributed by atoms with Gasteiger partial charge in [0.2, 0.25) is 0 Å². The standard InChI is InChI=1S/C10H16O2/c1-2-3-4-5-6-7-8-9-10(11)12/h7-9H,2-6H2,1H3. The first-order chi connectivity index (χ1) is 5.77. The molecule has 0 N–H and O–H groups in total. The summed E-state index contributed by atoms with van der Waals surface area (Å²) in [5.74, 6) is -1.13. The van der Waals surface area contributed by atoms with E-state index in [2.05, 4.69) is 6.92 Å². The number of carboxylic acids is 1. The van der Waals surface area contributed by atoms with Crippen LogP contribution in [0.5, 0.6) is 0 Å². The average molecular weight is 168 g/mol. The maximum Gasteiger partial charge on any atom is 0.156 e. The Balaban J connectivity index is 3.08. The Kier molecular flexibility index (Phi) is 7.55. The fourth-order valence-corrected chi connectivity index (χ4v) is 0.932. The van der Waals surface area contributed by atoms with Crippen LogP contribution in [-0.4, -0.2) is 5.97 Å². The summed E-state index contributed by atoms with van der Waals surface area (Å²) in [5, 5.41) is 9.92. The largest absolute Gasteiger partial charge is 0.527 e. The van der Waals surface area contributed by atoms with Crippen molar-refractivity contribution in [3.05, 3.63) is 18.6 Å². The maximum absolute atomic E-state index is 9.92. The lowest BCUT2D eigenvalue weighted by Gasteiger charge is -1.91. The van der Waals surface area contributed by atoms with E-state index in [1.54, 1.807) is 6.08 Å². The molecule has 0 saturated heterocycles. The van der Waals surface area contributed by atoms with Gasteiger partial charge in [0, 0.05) is 12.5 Å². The van der Waals surface area contributed by atoms with Crippen LogP contribution in [0.1, 0.15) is 39.0 Å². The lowest BCUT2D eigenvalue weighted by molar-refractivity contribution is -0.299. The summed E-state index contributed by atoms with van der Waals surface area (Å²) in [5.41, 5.74) is 0. The number of rotatable bonds is 7. The molecule has 0 aliphatic heterocycles. The van der Waals surface area contributed by atoms with Crippen molar-refractivity contribution in [1.29, 1.82) is 0 Å². The Bertz CT molecular complexity index is 139. The fourth-order valence-electron chi connectivity index (χ4n) is 0.932. The first-order valence-electron chi connectivity index (χ1n) is 4.48. The molecule has 0 aromatic rings. The van der Waals surface area contributed by atoms with Crippen molar-refractivity contribution < 1.29 is 9.90 Å². The van der Waals surface area contributed by atoms with E-state index in [0.717, 1.165) is 19.3 Å². The van der Waals surface area contributed by atoms with Crippen LogP contribution < -0.4 is 5.11 Å². The van der Waals surface area contributed by atoms with Gasteiger partial charge in [-0.1, -0.05) is 26.2 Å². The highest BCUT2D eigenvalue weighted by atomic mass is 16.4. The zero-order valence-electron chi connectivity index (χ0n) is 7.58. The molecule has 0 atom stereocenters. The third-order valence-electron chi connectivity index (χ3n) is 1.59. The number of hydrogen-bond donors (Lipinski definition) is 0. The summed E-state index contributed by atoms with van der Waals surface area (Å²) in [6.07, 6.45) is 10.3. The van der Waals surface area contributed by atoms with Gasteiger partial charge in [-0.3, -0.25) is 0 Å². The quantitative estimate of drug-likeness (QED) is 0.426. The van der Waals surface area contributed by atoms with Crippen molar-refractivity contribution in [3.8, 4) is 0 Å². The van der Waals surface area contributed by atoms with Gasteiger partial charge in [-0.25, -0.2) is 0 Å². The first kappa shape index (κ1) is 11.1. The molecule has 0 aromatic carbocycles. The second-order valence-electron chi connectivity index (χ2n) is 2.76. The van der Waals surface area contributed by atoms with Gasteiger partial charge in [-0.2, -0.15) is 0 Å². The van der Waals surface area contributed by atoms with E-state index in [1.165, 1.54) is 19.3 Å². The predicted octanol–water partition coefficient (Wildman–Crippen LogP) is 1.47. The van der Waals surface area contributed by atoms with Crippen LogP contribution in [0.15, 0.2) is 12.2 Å². The van der Waals surface area contributed by atoms with Crippen LogP contribution >= 0.6 is 0 Å². The maximum atomic E-state index is 9.92. The van der Waals surface area contributed by atoms with Gasteiger partial charge in [-0.05, 0) is 6.42 Å². The topological polar surface area (TPSA) is 40.1 Å². The minimum Gasteiger partial charge on any atom is -0.527 e. The molecule has 0 aliphatic carbocycles. The van der Waals surface area contributed by atoms with Gasteiger partial charge in [0.25, 0.3) is 0 Å². The highest BCUT2D eigenvalue weighted by molar-refractivity contribution is 5.76. The van der Waals surface area contributed by atoms with E-state index < -0.39 is 5.97 Å². The van der Waals surface area contributed by atoms with Crippen molar-refractivity contribution in [1.82, 2.24) is 0 Å². The Morgan fingerprint density at radius 2 is 2.17 bits per heavy atom. The zero-order chi connectivity index (χ0) is 9.23. The molecule has 0 rings (SSSR count). The molecule has 0 bridgehead atoms. The van der Waals surface area contributed by atoms with Gasteiger partial charge in [0.05, 0.1) is 12.5 Å². The summed E-state index contributed by atoms with van der Waals surface area (Å²) in [7, 11) is 0. The molecule has 68 valence electrons. The SMILES string of the molecule is CCCCCCC=C[CH+]C(=O)[O-]. The Morgan fingerprint density at radius 3 is 2.75 bits per heavy atom. The van der Waals surface area contributed by atoms with Crippen LogP contribution in [0.2, 0.25) is 0 Å². The van der Waals surface area contributed by atoms with Gasteiger partial charge in [0.1, 0.15) is 0 Å². The molecular formula is C10H16O2. The van der Waals surface area contributed by atoms with Crippen LogP contribution in [-0.2, 0) is 4.79 Å². The molecule has 12 heavy (non-hydrogen) atoms. The van der Waals surface area contributed by atoms with Crippen LogP contribution in [0.3, 0.4) is 0 Å². The summed E-state index contributed by atoms with van der Waals surface area (Å²) in [6, 6.07) is 0. The molecule has 0 radical (unpaired) electrons. The third kappa shape index (κ3) is 9.08. The number of carboxylic acid groups (broad SMARTS) is 1. The monoisotopic (exact) mass is 168 g/mol. The number of aliphatic carboxylic acids is 1. The summed E-state index contributed by atoms with van der Waals surface area (Å²) >= 11 is 0. The highest BCUT2D eigenvalue weighted by Crippen LogP contribution is 2.02. The van der Waals surface area contributed by atoms with E-state index in [4.69, 9.17) is 0 Å². The predicted molar refractivity (Wildman–Crippen MR) is 47.2 cm³/mol. The fraction of sp³-hybridized carbons (Fsp3) is 0.600. The number of hydrogen-bond acceptors (Lipinski definition) is 2. The molecule has 0 unspecified atom stereocenters. The summed E-state index contributed by atoms with van der Waals surface area (Å²) in [4.78, 5) is 9.92. The van der Waals surface area contributed by atoms with E-state index in [-0.39, 0.29) is 0 Å². The third-order valence-corrected chi connectivity index (χ3v) is 1.59. The Morgan fingerprint density at radius 1 is 1.42 bits per heavy atom. The van der Waals surface area contributed by atoms with Crippen molar-refractivity contribution in [2.75, 3.05) is 0 Å². The van der Waals surface area contributed by atoms with E-state index >= 15 is 0 Å².